The molecule has 1 atom stereocenters. The summed E-state index contributed by atoms with van der Waals surface area (Å²) in [5.41, 5.74) is 2.08. The fraction of sp³-hybridized carbons (Fsp3) is 0.417. The van der Waals surface area contributed by atoms with Crippen LogP contribution >= 0.6 is 0 Å². The maximum atomic E-state index is 13.1. The molecule has 4 heteroatoms. The smallest absolute Gasteiger partial charge is 0.243 e. The number of carbonyl (C=O) groups excluding carboxylic acids is 2. The van der Waals surface area contributed by atoms with Crippen molar-refractivity contribution in [2.24, 2.45) is 0 Å². The summed E-state index contributed by atoms with van der Waals surface area (Å²) in [6.07, 6.45) is 4.05. The average Bonchev–Trinajstić information content (AvgIpc) is 2.74. The quantitative estimate of drug-likeness (QED) is 0.590. The zero-order valence-corrected chi connectivity index (χ0v) is 17.1. The van der Waals surface area contributed by atoms with Gasteiger partial charge in [0, 0.05) is 25.9 Å². The summed E-state index contributed by atoms with van der Waals surface area (Å²) in [6, 6.07) is 19.3. The Morgan fingerprint density at radius 1 is 0.893 bits per heavy atom. The monoisotopic (exact) mass is 380 g/mol. The molecule has 0 saturated heterocycles. The van der Waals surface area contributed by atoms with Crippen LogP contribution in [0.5, 0.6) is 0 Å². The minimum Gasteiger partial charge on any atom is -0.354 e. The molecule has 0 aliphatic carbocycles. The van der Waals surface area contributed by atoms with Crippen LogP contribution in [0.1, 0.15) is 50.7 Å². The molecule has 2 amide bonds. The molecule has 28 heavy (non-hydrogen) atoms. The lowest BCUT2D eigenvalue weighted by Crippen LogP contribution is -2.50. The van der Waals surface area contributed by atoms with Crippen LogP contribution in [0, 0.1) is 0 Å². The van der Waals surface area contributed by atoms with Gasteiger partial charge in [-0.15, -0.1) is 0 Å². The van der Waals surface area contributed by atoms with Crippen LogP contribution in [0.25, 0.3) is 0 Å². The standard InChI is InChI=1S/C24H32N2O2/c1-3-5-12-17-25-24(28)22(18-20-13-8-6-9-14-20)26(23(27)4-2)19-21-15-10-7-11-16-21/h6-11,13-16,22H,3-5,12,17-19H2,1-2H3,(H,25,28). The maximum absolute atomic E-state index is 13.1. The van der Waals surface area contributed by atoms with E-state index in [0.717, 1.165) is 30.4 Å². The zero-order valence-electron chi connectivity index (χ0n) is 17.1. The minimum atomic E-state index is -0.517. The summed E-state index contributed by atoms with van der Waals surface area (Å²) in [6.45, 7) is 5.07. The lowest BCUT2D eigenvalue weighted by atomic mass is 10.0. The van der Waals surface area contributed by atoms with E-state index in [4.69, 9.17) is 0 Å². The highest BCUT2D eigenvalue weighted by atomic mass is 16.2. The second-order valence-electron chi connectivity index (χ2n) is 7.06. The van der Waals surface area contributed by atoms with Gasteiger partial charge in [-0.3, -0.25) is 9.59 Å². The summed E-state index contributed by atoms with van der Waals surface area (Å²) >= 11 is 0. The number of unbranched alkanes of at least 4 members (excludes halogenated alkanes) is 2. The molecule has 0 aliphatic heterocycles. The van der Waals surface area contributed by atoms with Gasteiger partial charge in [0.2, 0.25) is 11.8 Å². The third-order valence-corrected chi connectivity index (χ3v) is 4.85. The Morgan fingerprint density at radius 3 is 2.07 bits per heavy atom. The Bertz CT molecular complexity index is 716. The molecule has 2 aromatic rings. The van der Waals surface area contributed by atoms with E-state index in [1.54, 1.807) is 4.90 Å². The topological polar surface area (TPSA) is 49.4 Å². The fourth-order valence-electron chi connectivity index (χ4n) is 3.24. The van der Waals surface area contributed by atoms with Crippen molar-refractivity contribution in [3.63, 3.8) is 0 Å². The molecule has 0 saturated carbocycles. The number of carbonyl (C=O) groups is 2. The van der Waals surface area contributed by atoms with Crippen LogP contribution in [0.15, 0.2) is 60.7 Å². The van der Waals surface area contributed by atoms with Crippen molar-refractivity contribution in [2.75, 3.05) is 6.54 Å². The summed E-state index contributed by atoms with van der Waals surface area (Å²) in [5.74, 6) is -0.0776. The molecule has 0 fully saturated rings. The van der Waals surface area contributed by atoms with E-state index < -0.39 is 6.04 Å². The first kappa shape index (κ1) is 21.7. The highest BCUT2D eigenvalue weighted by Gasteiger charge is 2.29. The molecule has 2 rings (SSSR count). The minimum absolute atomic E-state index is 0.00603. The Kier molecular flexibility index (Phi) is 9.26. The lowest BCUT2D eigenvalue weighted by Gasteiger charge is -2.31. The van der Waals surface area contributed by atoms with Crippen LogP contribution in [-0.4, -0.2) is 29.3 Å². The summed E-state index contributed by atoms with van der Waals surface area (Å²) in [5, 5.41) is 3.05. The summed E-state index contributed by atoms with van der Waals surface area (Å²) < 4.78 is 0. The molecule has 4 nitrogen and oxygen atoms in total. The number of amides is 2. The normalized spacial score (nSPS) is 11.6. The number of hydrogen-bond acceptors (Lipinski definition) is 2. The molecule has 0 bridgehead atoms. The average molecular weight is 381 g/mol. The third-order valence-electron chi connectivity index (χ3n) is 4.85. The number of benzene rings is 2. The van der Waals surface area contributed by atoms with Gasteiger partial charge in [-0.2, -0.15) is 0 Å². The number of nitrogens with one attached hydrogen (secondary N) is 1. The van der Waals surface area contributed by atoms with Gasteiger partial charge in [-0.05, 0) is 17.5 Å². The maximum Gasteiger partial charge on any atom is 0.243 e. The number of hydrogen-bond donors (Lipinski definition) is 1. The highest BCUT2D eigenvalue weighted by molar-refractivity contribution is 5.87. The van der Waals surface area contributed by atoms with E-state index in [9.17, 15) is 9.59 Å². The first-order chi connectivity index (χ1) is 13.7. The van der Waals surface area contributed by atoms with Gasteiger partial charge in [0.15, 0.2) is 0 Å². The van der Waals surface area contributed by atoms with Crippen LogP contribution in [0.4, 0.5) is 0 Å². The molecule has 150 valence electrons. The molecule has 0 spiro atoms. The molecule has 0 radical (unpaired) electrons. The Balaban J connectivity index is 2.23. The van der Waals surface area contributed by atoms with E-state index in [0.29, 0.717) is 25.9 Å². The van der Waals surface area contributed by atoms with Crippen molar-refractivity contribution in [3.05, 3.63) is 71.8 Å². The van der Waals surface area contributed by atoms with Crippen LogP contribution in [0.3, 0.4) is 0 Å². The van der Waals surface area contributed by atoms with Crippen molar-refractivity contribution < 1.29 is 9.59 Å². The largest absolute Gasteiger partial charge is 0.354 e. The molecule has 1 unspecified atom stereocenters. The highest BCUT2D eigenvalue weighted by Crippen LogP contribution is 2.15. The van der Waals surface area contributed by atoms with Crippen LogP contribution < -0.4 is 5.32 Å². The van der Waals surface area contributed by atoms with Crippen molar-refractivity contribution >= 4 is 11.8 Å². The second kappa shape index (κ2) is 12.0. The SMILES string of the molecule is CCCCCNC(=O)C(Cc1ccccc1)N(Cc1ccccc1)C(=O)CC. The predicted molar refractivity (Wildman–Crippen MR) is 114 cm³/mol. The van der Waals surface area contributed by atoms with E-state index in [2.05, 4.69) is 12.2 Å². The van der Waals surface area contributed by atoms with Gasteiger partial charge < -0.3 is 10.2 Å². The molecule has 0 aliphatic rings. The van der Waals surface area contributed by atoms with Gasteiger partial charge in [-0.1, -0.05) is 87.4 Å². The third kappa shape index (κ3) is 6.84. The Labute approximate surface area is 169 Å². The van der Waals surface area contributed by atoms with Crippen LogP contribution in [0.2, 0.25) is 0 Å². The molecular formula is C24H32N2O2. The molecule has 0 heterocycles. The van der Waals surface area contributed by atoms with Gasteiger partial charge in [0.25, 0.3) is 0 Å². The number of rotatable bonds is 11. The van der Waals surface area contributed by atoms with E-state index in [-0.39, 0.29) is 11.8 Å². The van der Waals surface area contributed by atoms with Gasteiger partial charge in [0.05, 0.1) is 0 Å². The summed E-state index contributed by atoms with van der Waals surface area (Å²) in [7, 11) is 0. The van der Waals surface area contributed by atoms with E-state index in [1.165, 1.54) is 0 Å². The zero-order chi connectivity index (χ0) is 20.2. The van der Waals surface area contributed by atoms with Crippen molar-refractivity contribution in [1.29, 1.82) is 0 Å². The molecule has 1 N–H and O–H groups in total. The molecule has 0 aromatic heterocycles. The van der Waals surface area contributed by atoms with Gasteiger partial charge in [0.1, 0.15) is 6.04 Å². The second-order valence-corrected chi connectivity index (χ2v) is 7.06. The molecule has 2 aromatic carbocycles. The van der Waals surface area contributed by atoms with E-state index >= 15 is 0 Å². The van der Waals surface area contributed by atoms with Crippen LogP contribution in [-0.2, 0) is 22.6 Å². The fourth-order valence-corrected chi connectivity index (χ4v) is 3.24. The van der Waals surface area contributed by atoms with E-state index in [1.807, 2.05) is 67.6 Å². The Hall–Kier alpha value is -2.62. The van der Waals surface area contributed by atoms with Crippen molar-refractivity contribution in [1.82, 2.24) is 10.2 Å². The molecular weight excluding hydrogens is 348 g/mol. The van der Waals surface area contributed by atoms with Crippen molar-refractivity contribution in [3.8, 4) is 0 Å². The number of nitrogens with zero attached hydrogens (tertiary/aromatic N) is 1. The first-order valence-corrected chi connectivity index (χ1v) is 10.3. The predicted octanol–water partition coefficient (Wildman–Crippen LogP) is 4.34. The van der Waals surface area contributed by atoms with Crippen molar-refractivity contribution in [2.45, 2.75) is 58.5 Å². The lowest BCUT2D eigenvalue weighted by molar-refractivity contribution is -0.141. The van der Waals surface area contributed by atoms with Gasteiger partial charge in [-0.25, -0.2) is 0 Å². The summed E-state index contributed by atoms with van der Waals surface area (Å²) in [4.78, 5) is 27.6. The Morgan fingerprint density at radius 2 is 1.50 bits per heavy atom. The first-order valence-electron chi connectivity index (χ1n) is 10.3. The van der Waals surface area contributed by atoms with Gasteiger partial charge >= 0.3 is 0 Å².